The number of halogens is 3. The molecule has 0 saturated carbocycles. The lowest BCUT2D eigenvalue weighted by Gasteiger charge is -2.28. The lowest BCUT2D eigenvalue weighted by atomic mass is 10.1. The van der Waals surface area contributed by atoms with Crippen molar-refractivity contribution < 1.29 is 13.2 Å². The van der Waals surface area contributed by atoms with Crippen molar-refractivity contribution in [2.75, 3.05) is 13.1 Å². The van der Waals surface area contributed by atoms with Crippen LogP contribution in [0.2, 0.25) is 0 Å². The summed E-state index contributed by atoms with van der Waals surface area (Å²) in [6, 6.07) is 1.76. The first-order chi connectivity index (χ1) is 7.03. The summed E-state index contributed by atoms with van der Waals surface area (Å²) in [5, 5.41) is 8.57. The lowest BCUT2D eigenvalue weighted by molar-refractivity contribution is -0.150. The highest BCUT2D eigenvalue weighted by Crippen LogP contribution is 2.24. The second kappa shape index (κ2) is 5.36. The number of likely N-dealkylation sites (tertiary alicyclic amines) is 1. The largest absolute Gasteiger partial charge is 0.401 e. The van der Waals surface area contributed by atoms with Crippen LogP contribution in [-0.4, -0.2) is 30.2 Å². The molecule has 1 heterocycles. The summed E-state index contributed by atoms with van der Waals surface area (Å²) in [5.74, 6) is 0. The number of hydrogen-bond acceptors (Lipinski definition) is 2. The Balaban J connectivity index is 2.58. The average Bonchev–Trinajstić information content (AvgIpc) is 2.30. The molecule has 1 saturated heterocycles. The van der Waals surface area contributed by atoms with Crippen LogP contribution in [0, 0.1) is 11.3 Å². The van der Waals surface area contributed by atoms with Crippen molar-refractivity contribution in [1.29, 1.82) is 5.26 Å². The molecule has 0 spiro atoms. The van der Waals surface area contributed by atoms with E-state index in [0.717, 1.165) is 19.3 Å². The Bertz CT molecular complexity index is 232. The van der Waals surface area contributed by atoms with Gasteiger partial charge in [0.2, 0.25) is 0 Å². The number of nitriles is 1. The van der Waals surface area contributed by atoms with Gasteiger partial charge in [0.1, 0.15) is 0 Å². The second-order valence-corrected chi connectivity index (χ2v) is 3.95. The van der Waals surface area contributed by atoms with E-state index in [1.165, 1.54) is 4.90 Å². The van der Waals surface area contributed by atoms with E-state index >= 15 is 0 Å². The van der Waals surface area contributed by atoms with Gasteiger partial charge in [0, 0.05) is 6.04 Å². The Hall–Kier alpha value is -0.760. The van der Waals surface area contributed by atoms with E-state index in [4.69, 9.17) is 5.26 Å². The van der Waals surface area contributed by atoms with Gasteiger partial charge in [-0.1, -0.05) is 12.8 Å². The van der Waals surface area contributed by atoms with Crippen LogP contribution >= 0.6 is 0 Å². The van der Waals surface area contributed by atoms with E-state index in [9.17, 15) is 13.2 Å². The van der Waals surface area contributed by atoms with E-state index < -0.39 is 12.7 Å². The molecule has 1 aliphatic heterocycles. The summed E-state index contributed by atoms with van der Waals surface area (Å²) in [6.45, 7) is -0.412. The van der Waals surface area contributed by atoms with E-state index in [1.54, 1.807) is 0 Å². The van der Waals surface area contributed by atoms with Crippen LogP contribution in [0.25, 0.3) is 0 Å². The first kappa shape index (κ1) is 12.3. The third kappa shape index (κ3) is 4.52. The average molecular weight is 220 g/mol. The topological polar surface area (TPSA) is 27.0 Å². The summed E-state index contributed by atoms with van der Waals surface area (Å²) < 4.78 is 36.8. The van der Waals surface area contributed by atoms with Gasteiger partial charge < -0.3 is 0 Å². The van der Waals surface area contributed by atoms with Crippen molar-refractivity contribution in [2.45, 2.75) is 44.3 Å². The Morgan fingerprint density at radius 2 is 2.00 bits per heavy atom. The van der Waals surface area contributed by atoms with Crippen LogP contribution in [0.15, 0.2) is 0 Å². The van der Waals surface area contributed by atoms with Crippen LogP contribution in [0.4, 0.5) is 13.2 Å². The maximum absolute atomic E-state index is 12.3. The van der Waals surface area contributed by atoms with Crippen molar-refractivity contribution in [3.05, 3.63) is 0 Å². The molecule has 0 N–H and O–H groups in total. The van der Waals surface area contributed by atoms with Crippen molar-refractivity contribution >= 4 is 0 Å². The summed E-state index contributed by atoms with van der Waals surface area (Å²) in [6.07, 6.45) is -0.535. The highest BCUT2D eigenvalue weighted by Gasteiger charge is 2.34. The SMILES string of the molecule is N#CCC1CCCCCN1CC(F)(F)F. The quantitative estimate of drug-likeness (QED) is 0.715. The fourth-order valence-corrected chi connectivity index (χ4v) is 2.01. The number of alkyl halides is 3. The maximum atomic E-state index is 12.3. The first-order valence-corrected chi connectivity index (χ1v) is 5.20. The monoisotopic (exact) mass is 220 g/mol. The third-order valence-electron chi connectivity index (χ3n) is 2.71. The third-order valence-corrected chi connectivity index (χ3v) is 2.71. The van der Waals surface area contributed by atoms with Crippen molar-refractivity contribution in [3.8, 4) is 6.07 Å². The Kier molecular flexibility index (Phi) is 4.40. The molecule has 15 heavy (non-hydrogen) atoms. The van der Waals surface area contributed by atoms with E-state index in [-0.39, 0.29) is 12.5 Å². The fraction of sp³-hybridized carbons (Fsp3) is 0.900. The predicted octanol–water partition coefficient (Wildman–Crippen LogP) is 2.71. The summed E-state index contributed by atoms with van der Waals surface area (Å²) in [7, 11) is 0. The fourth-order valence-electron chi connectivity index (χ4n) is 2.01. The van der Waals surface area contributed by atoms with Crippen LogP contribution in [0.5, 0.6) is 0 Å². The zero-order valence-corrected chi connectivity index (χ0v) is 8.56. The molecule has 0 aromatic rings. The molecule has 1 fully saturated rings. The summed E-state index contributed by atoms with van der Waals surface area (Å²) in [5.41, 5.74) is 0. The van der Waals surface area contributed by atoms with Crippen LogP contribution in [-0.2, 0) is 0 Å². The molecule has 1 unspecified atom stereocenters. The van der Waals surface area contributed by atoms with Crippen molar-refractivity contribution in [3.63, 3.8) is 0 Å². The molecule has 86 valence electrons. The van der Waals surface area contributed by atoms with Crippen LogP contribution in [0.3, 0.4) is 0 Å². The highest BCUT2D eigenvalue weighted by molar-refractivity contribution is 4.85. The number of rotatable bonds is 2. The number of hydrogen-bond donors (Lipinski definition) is 0. The second-order valence-electron chi connectivity index (χ2n) is 3.95. The molecule has 5 heteroatoms. The first-order valence-electron chi connectivity index (χ1n) is 5.20. The van der Waals surface area contributed by atoms with Gasteiger partial charge >= 0.3 is 6.18 Å². The van der Waals surface area contributed by atoms with Crippen molar-refractivity contribution in [2.24, 2.45) is 0 Å². The molecule has 0 aromatic carbocycles. The Morgan fingerprint density at radius 1 is 1.27 bits per heavy atom. The molecule has 0 amide bonds. The Morgan fingerprint density at radius 3 is 2.60 bits per heavy atom. The van der Waals surface area contributed by atoms with Gasteiger partial charge in [0.05, 0.1) is 19.0 Å². The molecule has 1 atom stereocenters. The molecule has 1 rings (SSSR count). The predicted molar refractivity (Wildman–Crippen MR) is 50.1 cm³/mol. The molecule has 0 bridgehead atoms. The van der Waals surface area contributed by atoms with Crippen LogP contribution < -0.4 is 0 Å². The minimum atomic E-state index is -4.15. The van der Waals surface area contributed by atoms with E-state index in [1.807, 2.05) is 6.07 Å². The van der Waals surface area contributed by atoms with Crippen LogP contribution in [0.1, 0.15) is 32.1 Å². The summed E-state index contributed by atoms with van der Waals surface area (Å²) >= 11 is 0. The molecule has 0 aromatic heterocycles. The lowest BCUT2D eigenvalue weighted by Crippen LogP contribution is -2.41. The normalized spacial score (nSPS) is 24.5. The van der Waals surface area contributed by atoms with E-state index in [2.05, 4.69) is 0 Å². The van der Waals surface area contributed by atoms with E-state index in [0.29, 0.717) is 13.0 Å². The zero-order valence-electron chi connectivity index (χ0n) is 8.56. The smallest absolute Gasteiger partial charge is 0.291 e. The molecule has 0 radical (unpaired) electrons. The van der Waals surface area contributed by atoms with Gasteiger partial charge in [0.15, 0.2) is 0 Å². The highest BCUT2D eigenvalue weighted by atomic mass is 19.4. The Labute approximate surface area is 87.7 Å². The minimum absolute atomic E-state index is 0.204. The van der Waals surface area contributed by atoms with Gasteiger partial charge in [-0.05, 0) is 19.4 Å². The molecule has 1 aliphatic rings. The molecular formula is C10H15F3N2. The van der Waals surface area contributed by atoms with Gasteiger partial charge in [-0.15, -0.1) is 0 Å². The molecular weight excluding hydrogens is 205 g/mol. The van der Waals surface area contributed by atoms with Gasteiger partial charge in [-0.25, -0.2) is 0 Å². The minimum Gasteiger partial charge on any atom is -0.291 e. The molecule has 0 aliphatic carbocycles. The van der Waals surface area contributed by atoms with Crippen molar-refractivity contribution in [1.82, 2.24) is 4.90 Å². The number of nitrogens with zero attached hydrogens (tertiary/aromatic N) is 2. The van der Waals surface area contributed by atoms with Gasteiger partial charge in [-0.2, -0.15) is 18.4 Å². The maximum Gasteiger partial charge on any atom is 0.401 e. The van der Waals surface area contributed by atoms with Gasteiger partial charge in [0.25, 0.3) is 0 Å². The zero-order chi connectivity index (χ0) is 11.3. The summed E-state index contributed by atoms with van der Waals surface area (Å²) in [4.78, 5) is 1.41. The molecule has 2 nitrogen and oxygen atoms in total. The standard InChI is InChI=1S/C10H15F3N2/c11-10(12,13)8-15-7-3-1-2-4-9(15)5-6-14/h9H,1-5,7-8H2. The van der Waals surface area contributed by atoms with Gasteiger partial charge in [-0.3, -0.25) is 4.90 Å².